The van der Waals surface area contributed by atoms with Crippen molar-refractivity contribution >= 4 is 6.29 Å². The number of ether oxygens (including phenoxy) is 1. The summed E-state index contributed by atoms with van der Waals surface area (Å²) < 4.78 is 5.06. The quantitative estimate of drug-likeness (QED) is 0.542. The summed E-state index contributed by atoms with van der Waals surface area (Å²) in [6.45, 7) is 0.650. The zero-order chi connectivity index (χ0) is 6.97. The van der Waals surface area contributed by atoms with Crippen molar-refractivity contribution in [1.82, 2.24) is 0 Å². The summed E-state index contributed by atoms with van der Waals surface area (Å²) in [5.41, 5.74) is 1.85. The molecule has 0 saturated heterocycles. The lowest BCUT2D eigenvalue weighted by Crippen LogP contribution is -2.09. The number of hydrogen-bond acceptors (Lipinski definition) is 2. The van der Waals surface area contributed by atoms with Crippen LogP contribution in [0.1, 0.15) is 15.9 Å². The van der Waals surface area contributed by atoms with E-state index in [0.29, 0.717) is 6.61 Å². The molecule has 0 amide bonds. The highest BCUT2D eigenvalue weighted by molar-refractivity contribution is 5.75. The first-order valence-corrected chi connectivity index (χ1v) is 3.11. The topological polar surface area (TPSA) is 26.3 Å². The van der Waals surface area contributed by atoms with Gasteiger partial charge in [-0.3, -0.25) is 4.79 Å². The Morgan fingerprint density at radius 1 is 1.50 bits per heavy atom. The Morgan fingerprint density at radius 2 is 2.40 bits per heavy atom. The van der Waals surface area contributed by atoms with Crippen LogP contribution in [0, 0.1) is 0 Å². The molecule has 1 aliphatic rings. The molecule has 0 aliphatic carbocycles. The highest BCUT2D eigenvalue weighted by Crippen LogP contribution is 2.28. The first-order valence-electron chi connectivity index (χ1n) is 3.11. The molecule has 1 aromatic carbocycles. The number of fused-ring (bicyclic) bond motifs is 1. The molecule has 0 unspecified atom stereocenters. The summed E-state index contributed by atoms with van der Waals surface area (Å²) in [5.74, 6) is 0.908. The Morgan fingerprint density at radius 3 is 2.90 bits per heavy atom. The van der Waals surface area contributed by atoms with Crippen LogP contribution >= 0.6 is 0 Å². The molecule has 0 bridgehead atoms. The van der Waals surface area contributed by atoms with Gasteiger partial charge >= 0.3 is 0 Å². The lowest BCUT2D eigenvalue weighted by Gasteiger charge is -2.19. The SMILES string of the molecule is O=Cc1ccc2c(c1)CO2. The van der Waals surface area contributed by atoms with E-state index >= 15 is 0 Å². The number of hydrogen-bond donors (Lipinski definition) is 0. The van der Waals surface area contributed by atoms with Crippen molar-refractivity contribution in [2.24, 2.45) is 0 Å². The molecule has 0 radical (unpaired) electrons. The van der Waals surface area contributed by atoms with E-state index in [4.69, 9.17) is 4.74 Å². The predicted molar refractivity (Wildman–Crippen MR) is 36.2 cm³/mol. The number of carbonyl (C=O) groups is 1. The summed E-state index contributed by atoms with van der Waals surface area (Å²) in [6, 6.07) is 5.43. The van der Waals surface area contributed by atoms with E-state index < -0.39 is 0 Å². The molecular weight excluding hydrogens is 128 g/mol. The molecule has 1 heterocycles. The summed E-state index contributed by atoms with van der Waals surface area (Å²) in [6.07, 6.45) is 0.846. The zero-order valence-corrected chi connectivity index (χ0v) is 5.33. The number of rotatable bonds is 1. The maximum atomic E-state index is 10.3. The van der Waals surface area contributed by atoms with Gasteiger partial charge in [0, 0.05) is 11.1 Å². The van der Waals surface area contributed by atoms with Gasteiger partial charge in [0.2, 0.25) is 0 Å². The van der Waals surface area contributed by atoms with E-state index in [-0.39, 0.29) is 0 Å². The van der Waals surface area contributed by atoms with Crippen LogP contribution in [0.2, 0.25) is 0 Å². The molecule has 2 heteroatoms. The number of benzene rings is 1. The zero-order valence-electron chi connectivity index (χ0n) is 5.33. The molecule has 1 aliphatic heterocycles. The van der Waals surface area contributed by atoms with Crippen molar-refractivity contribution in [2.45, 2.75) is 6.61 Å². The second-order valence-electron chi connectivity index (χ2n) is 2.27. The second-order valence-corrected chi connectivity index (χ2v) is 2.27. The highest BCUT2D eigenvalue weighted by atomic mass is 16.5. The average Bonchev–Trinajstić information content (AvgIpc) is 1.92. The molecular formula is C8H6O2. The van der Waals surface area contributed by atoms with E-state index in [1.54, 1.807) is 6.07 Å². The van der Waals surface area contributed by atoms with E-state index in [1.807, 2.05) is 12.1 Å². The first kappa shape index (κ1) is 5.47. The summed E-state index contributed by atoms with van der Waals surface area (Å²) in [7, 11) is 0. The largest absolute Gasteiger partial charge is 0.488 e. The molecule has 0 N–H and O–H groups in total. The minimum atomic E-state index is 0.650. The normalized spacial score (nSPS) is 12.8. The average molecular weight is 134 g/mol. The fourth-order valence-electron chi connectivity index (χ4n) is 1.00. The highest BCUT2D eigenvalue weighted by Gasteiger charge is 2.13. The third-order valence-corrected chi connectivity index (χ3v) is 1.60. The Labute approximate surface area is 58.4 Å². The van der Waals surface area contributed by atoms with Gasteiger partial charge in [-0.25, -0.2) is 0 Å². The summed E-state index contributed by atoms with van der Waals surface area (Å²) >= 11 is 0. The minimum absolute atomic E-state index is 0.650. The van der Waals surface area contributed by atoms with Crippen LogP contribution in [-0.2, 0) is 6.61 Å². The molecule has 2 rings (SSSR count). The molecule has 0 saturated carbocycles. The predicted octanol–water partition coefficient (Wildman–Crippen LogP) is 1.39. The van der Waals surface area contributed by atoms with Crippen molar-refractivity contribution in [3.63, 3.8) is 0 Å². The lowest BCUT2D eigenvalue weighted by atomic mass is 10.1. The van der Waals surface area contributed by atoms with Gasteiger partial charge in [0.25, 0.3) is 0 Å². The van der Waals surface area contributed by atoms with E-state index in [0.717, 1.165) is 23.2 Å². The van der Waals surface area contributed by atoms with Crippen LogP contribution in [0.25, 0.3) is 0 Å². The molecule has 2 nitrogen and oxygen atoms in total. The van der Waals surface area contributed by atoms with Crippen LogP contribution in [-0.4, -0.2) is 6.29 Å². The summed E-state index contributed by atoms with van der Waals surface area (Å²) in [5, 5.41) is 0. The van der Waals surface area contributed by atoms with Crippen molar-refractivity contribution in [3.05, 3.63) is 29.3 Å². The standard InChI is InChI=1S/C8H6O2/c9-4-6-1-2-8-7(3-6)5-10-8/h1-4H,5H2. The Bertz CT molecular complexity index is 279. The van der Waals surface area contributed by atoms with Gasteiger partial charge in [0.05, 0.1) is 0 Å². The molecule has 0 aromatic heterocycles. The van der Waals surface area contributed by atoms with Gasteiger partial charge < -0.3 is 4.74 Å². The van der Waals surface area contributed by atoms with Gasteiger partial charge in [-0.15, -0.1) is 0 Å². The van der Waals surface area contributed by atoms with Gasteiger partial charge in [-0.1, -0.05) is 0 Å². The molecule has 10 heavy (non-hydrogen) atoms. The molecule has 0 atom stereocenters. The maximum Gasteiger partial charge on any atom is 0.150 e. The number of aldehydes is 1. The third-order valence-electron chi connectivity index (χ3n) is 1.60. The second kappa shape index (κ2) is 1.84. The van der Waals surface area contributed by atoms with Gasteiger partial charge in [-0.05, 0) is 18.2 Å². The molecule has 0 spiro atoms. The van der Waals surface area contributed by atoms with Gasteiger partial charge in [0.15, 0.2) is 0 Å². The first-order chi connectivity index (χ1) is 4.90. The van der Waals surface area contributed by atoms with E-state index in [1.165, 1.54) is 0 Å². The summed E-state index contributed by atoms with van der Waals surface area (Å²) in [4.78, 5) is 10.3. The van der Waals surface area contributed by atoms with Crippen LogP contribution in [0.5, 0.6) is 5.75 Å². The Balaban J connectivity index is 2.51. The van der Waals surface area contributed by atoms with Crippen LogP contribution in [0.15, 0.2) is 18.2 Å². The maximum absolute atomic E-state index is 10.3. The lowest BCUT2D eigenvalue weighted by molar-refractivity contribution is 0.112. The van der Waals surface area contributed by atoms with Gasteiger partial charge in [-0.2, -0.15) is 0 Å². The van der Waals surface area contributed by atoms with Crippen LogP contribution < -0.4 is 4.74 Å². The van der Waals surface area contributed by atoms with Gasteiger partial charge in [0.1, 0.15) is 18.6 Å². The Hall–Kier alpha value is -1.31. The van der Waals surface area contributed by atoms with Crippen molar-refractivity contribution in [3.8, 4) is 5.75 Å². The minimum Gasteiger partial charge on any atom is -0.488 e. The smallest absolute Gasteiger partial charge is 0.150 e. The monoisotopic (exact) mass is 134 g/mol. The van der Waals surface area contributed by atoms with E-state index in [2.05, 4.69) is 0 Å². The molecule has 50 valence electrons. The molecule has 1 aromatic rings. The van der Waals surface area contributed by atoms with E-state index in [9.17, 15) is 4.79 Å². The van der Waals surface area contributed by atoms with Crippen LogP contribution in [0.4, 0.5) is 0 Å². The van der Waals surface area contributed by atoms with Crippen molar-refractivity contribution in [1.29, 1.82) is 0 Å². The van der Waals surface area contributed by atoms with Crippen molar-refractivity contribution < 1.29 is 9.53 Å². The Kier molecular flexibility index (Phi) is 1.01. The molecule has 0 fully saturated rings. The fourth-order valence-corrected chi connectivity index (χ4v) is 1.00. The number of carbonyl (C=O) groups excluding carboxylic acids is 1. The third kappa shape index (κ3) is 0.620. The van der Waals surface area contributed by atoms with Crippen LogP contribution in [0.3, 0.4) is 0 Å². The fraction of sp³-hybridized carbons (Fsp3) is 0.125. The van der Waals surface area contributed by atoms with Crippen molar-refractivity contribution in [2.75, 3.05) is 0 Å².